The summed E-state index contributed by atoms with van der Waals surface area (Å²) in [6, 6.07) is 5.92. The van der Waals surface area contributed by atoms with Gasteiger partial charge in [-0.05, 0) is 24.4 Å². The molecule has 2 rings (SSSR count). The van der Waals surface area contributed by atoms with Gasteiger partial charge in [0.05, 0.1) is 6.61 Å². The summed E-state index contributed by atoms with van der Waals surface area (Å²) in [5, 5.41) is 2.01. The minimum Gasteiger partial charge on any atom is -0.449 e. The van der Waals surface area contributed by atoms with Crippen LogP contribution in [0.5, 0.6) is 0 Å². The van der Waals surface area contributed by atoms with Crippen molar-refractivity contribution in [2.45, 2.75) is 6.92 Å². The predicted molar refractivity (Wildman–Crippen MR) is 60.2 cm³/mol. The SMILES string of the molecule is CCOC(=O)n1ccc(-c2cccs2)c1. The number of hydrogen-bond acceptors (Lipinski definition) is 3. The summed E-state index contributed by atoms with van der Waals surface area (Å²) in [4.78, 5) is 12.5. The van der Waals surface area contributed by atoms with Gasteiger partial charge in [-0.15, -0.1) is 11.3 Å². The molecule has 15 heavy (non-hydrogen) atoms. The van der Waals surface area contributed by atoms with E-state index in [-0.39, 0.29) is 6.09 Å². The second-order valence-electron chi connectivity index (χ2n) is 2.98. The monoisotopic (exact) mass is 221 g/mol. The fourth-order valence-electron chi connectivity index (χ4n) is 1.30. The van der Waals surface area contributed by atoms with E-state index in [4.69, 9.17) is 4.74 Å². The van der Waals surface area contributed by atoms with Gasteiger partial charge in [0.15, 0.2) is 0 Å². The highest BCUT2D eigenvalue weighted by Gasteiger charge is 2.06. The van der Waals surface area contributed by atoms with Crippen LogP contribution >= 0.6 is 11.3 Å². The molecular weight excluding hydrogens is 210 g/mol. The van der Waals surface area contributed by atoms with Crippen LogP contribution < -0.4 is 0 Å². The number of carbonyl (C=O) groups is 1. The zero-order valence-corrected chi connectivity index (χ0v) is 9.16. The van der Waals surface area contributed by atoms with Crippen molar-refractivity contribution < 1.29 is 9.53 Å². The zero-order chi connectivity index (χ0) is 10.7. The molecular formula is C11H11NO2S. The Balaban J connectivity index is 2.21. The van der Waals surface area contributed by atoms with Crippen LogP contribution in [-0.2, 0) is 4.74 Å². The fraction of sp³-hybridized carbons (Fsp3) is 0.182. The Morgan fingerprint density at radius 2 is 2.40 bits per heavy atom. The lowest BCUT2D eigenvalue weighted by atomic mass is 10.3. The van der Waals surface area contributed by atoms with Gasteiger partial charge in [0, 0.05) is 22.8 Å². The average Bonchev–Trinajstić information content (AvgIpc) is 2.89. The molecule has 78 valence electrons. The van der Waals surface area contributed by atoms with E-state index in [0.717, 1.165) is 10.4 Å². The van der Waals surface area contributed by atoms with Crippen LogP contribution in [0.2, 0.25) is 0 Å². The summed E-state index contributed by atoms with van der Waals surface area (Å²) in [5.74, 6) is 0. The Labute approximate surface area is 91.9 Å². The molecule has 0 aromatic carbocycles. The Hall–Kier alpha value is -1.55. The third-order valence-corrected chi connectivity index (χ3v) is 2.90. The molecule has 2 aromatic heterocycles. The summed E-state index contributed by atoms with van der Waals surface area (Å²) in [6.45, 7) is 2.19. The highest BCUT2D eigenvalue weighted by atomic mass is 32.1. The van der Waals surface area contributed by atoms with Gasteiger partial charge < -0.3 is 4.74 Å². The molecule has 0 aliphatic carbocycles. The van der Waals surface area contributed by atoms with E-state index >= 15 is 0 Å². The third-order valence-electron chi connectivity index (χ3n) is 1.98. The molecule has 0 fully saturated rings. The number of nitrogens with zero attached hydrogens (tertiary/aromatic N) is 1. The standard InChI is InChI=1S/C11H11NO2S/c1-2-14-11(13)12-6-5-9(8-12)10-4-3-7-15-10/h3-8H,2H2,1H3. The Bertz CT molecular complexity index is 445. The maximum Gasteiger partial charge on any atom is 0.417 e. The number of hydrogen-bond donors (Lipinski definition) is 0. The van der Waals surface area contributed by atoms with Gasteiger partial charge in [0.1, 0.15) is 0 Å². The summed E-state index contributed by atoms with van der Waals surface area (Å²) in [5.41, 5.74) is 1.04. The molecule has 0 atom stereocenters. The second-order valence-corrected chi connectivity index (χ2v) is 3.93. The molecule has 0 unspecified atom stereocenters. The maximum atomic E-state index is 11.4. The largest absolute Gasteiger partial charge is 0.449 e. The van der Waals surface area contributed by atoms with E-state index < -0.39 is 0 Å². The molecule has 0 spiro atoms. The van der Waals surface area contributed by atoms with Crippen LogP contribution in [0, 0.1) is 0 Å². The summed E-state index contributed by atoms with van der Waals surface area (Å²) in [7, 11) is 0. The highest BCUT2D eigenvalue weighted by Crippen LogP contribution is 2.24. The van der Waals surface area contributed by atoms with Crippen molar-refractivity contribution in [2.24, 2.45) is 0 Å². The molecule has 0 aliphatic rings. The first kappa shape index (κ1) is 9.98. The predicted octanol–water partition coefficient (Wildman–Crippen LogP) is 3.22. The Morgan fingerprint density at radius 3 is 3.07 bits per heavy atom. The topological polar surface area (TPSA) is 31.2 Å². The first-order chi connectivity index (χ1) is 7.31. The molecule has 0 amide bonds. The molecule has 3 nitrogen and oxygen atoms in total. The van der Waals surface area contributed by atoms with Crippen LogP contribution in [0.4, 0.5) is 4.79 Å². The minimum absolute atomic E-state index is 0.333. The molecule has 0 bridgehead atoms. The third kappa shape index (κ3) is 2.10. The lowest BCUT2D eigenvalue weighted by Crippen LogP contribution is -2.10. The smallest absolute Gasteiger partial charge is 0.417 e. The van der Waals surface area contributed by atoms with Crippen LogP contribution in [0.15, 0.2) is 36.0 Å². The molecule has 0 aliphatic heterocycles. The fourth-order valence-corrected chi connectivity index (χ4v) is 2.01. The number of ether oxygens (including phenoxy) is 1. The van der Waals surface area contributed by atoms with E-state index in [0.29, 0.717) is 6.61 Å². The minimum atomic E-state index is -0.333. The first-order valence-electron chi connectivity index (χ1n) is 4.70. The van der Waals surface area contributed by atoms with Crippen molar-refractivity contribution in [2.75, 3.05) is 6.61 Å². The van der Waals surface area contributed by atoms with Crippen LogP contribution in [-0.4, -0.2) is 17.3 Å². The Morgan fingerprint density at radius 1 is 1.53 bits per heavy atom. The van der Waals surface area contributed by atoms with Crippen LogP contribution in [0.25, 0.3) is 10.4 Å². The summed E-state index contributed by atoms with van der Waals surface area (Å²) >= 11 is 1.65. The number of thiophene rings is 1. The number of carbonyl (C=O) groups excluding carboxylic acids is 1. The van der Waals surface area contributed by atoms with Gasteiger partial charge in [-0.25, -0.2) is 4.79 Å². The first-order valence-corrected chi connectivity index (χ1v) is 5.58. The van der Waals surface area contributed by atoms with E-state index in [2.05, 4.69) is 0 Å². The van der Waals surface area contributed by atoms with E-state index in [1.807, 2.05) is 23.6 Å². The molecule has 2 aromatic rings. The summed E-state index contributed by atoms with van der Waals surface area (Å²) in [6.07, 6.45) is 3.16. The van der Waals surface area contributed by atoms with Gasteiger partial charge >= 0.3 is 6.09 Å². The maximum absolute atomic E-state index is 11.4. The van der Waals surface area contributed by atoms with Crippen molar-refractivity contribution in [1.82, 2.24) is 4.57 Å². The van der Waals surface area contributed by atoms with Gasteiger partial charge in [-0.2, -0.15) is 0 Å². The van der Waals surface area contributed by atoms with Gasteiger partial charge in [-0.1, -0.05) is 6.07 Å². The molecule has 2 heterocycles. The van der Waals surface area contributed by atoms with Crippen molar-refractivity contribution in [3.05, 3.63) is 36.0 Å². The highest BCUT2D eigenvalue weighted by molar-refractivity contribution is 7.13. The summed E-state index contributed by atoms with van der Waals surface area (Å²) < 4.78 is 6.34. The molecule has 0 radical (unpaired) electrons. The number of rotatable bonds is 2. The van der Waals surface area contributed by atoms with Crippen LogP contribution in [0.1, 0.15) is 6.92 Å². The van der Waals surface area contributed by atoms with Crippen molar-refractivity contribution in [3.8, 4) is 10.4 Å². The van der Waals surface area contributed by atoms with Gasteiger partial charge in [0.2, 0.25) is 0 Å². The van der Waals surface area contributed by atoms with E-state index in [1.54, 1.807) is 30.7 Å². The van der Waals surface area contributed by atoms with Gasteiger partial charge in [0.25, 0.3) is 0 Å². The molecule has 4 heteroatoms. The quantitative estimate of drug-likeness (QED) is 0.779. The molecule has 0 saturated heterocycles. The lowest BCUT2D eigenvalue weighted by molar-refractivity contribution is 0.154. The van der Waals surface area contributed by atoms with Crippen molar-refractivity contribution in [3.63, 3.8) is 0 Å². The molecule has 0 saturated carbocycles. The van der Waals surface area contributed by atoms with E-state index in [1.165, 1.54) is 4.57 Å². The Kier molecular flexibility index (Phi) is 2.87. The number of aromatic nitrogens is 1. The average molecular weight is 221 g/mol. The zero-order valence-electron chi connectivity index (χ0n) is 8.34. The van der Waals surface area contributed by atoms with E-state index in [9.17, 15) is 4.79 Å². The van der Waals surface area contributed by atoms with Crippen molar-refractivity contribution in [1.29, 1.82) is 0 Å². The lowest BCUT2D eigenvalue weighted by Gasteiger charge is -2.00. The van der Waals surface area contributed by atoms with Gasteiger partial charge in [-0.3, -0.25) is 4.57 Å². The second kappa shape index (κ2) is 4.31. The molecule has 0 N–H and O–H groups in total. The van der Waals surface area contributed by atoms with Crippen LogP contribution in [0.3, 0.4) is 0 Å². The van der Waals surface area contributed by atoms with Crippen molar-refractivity contribution >= 4 is 17.4 Å². The normalized spacial score (nSPS) is 10.2.